The molecule has 2 rings (SSSR count). The molecular weight excluding hydrogens is 274 g/mol. The van der Waals surface area contributed by atoms with Gasteiger partial charge in [-0.2, -0.15) is 0 Å². The van der Waals surface area contributed by atoms with Crippen molar-refractivity contribution >= 4 is 11.6 Å². The Morgan fingerprint density at radius 1 is 1.30 bits per heavy atom. The van der Waals surface area contributed by atoms with Gasteiger partial charge in [0.25, 0.3) is 0 Å². The first-order valence-corrected chi connectivity index (χ1v) is 7.74. The Kier molecular flexibility index (Phi) is 5.30. The van der Waals surface area contributed by atoms with Crippen LogP contribution < -0.4 is 10.5 Å². The number of hydrogen-bond acceptors (Lipinski definition) is 3. The van der Waals surface area contributed by atoms with Crippen LogP contribution in [0.2, 0.25) is 5.02 Å². The Balaban J connectivity index is 2.29. The normalized spacial score (nSPS) is 19.6. The lowest BCUT2D eigenvalue weighted by Gasteiger charge is -2.42. The zero-order valence-corrected chi connectivity index (χ0v) is 13.1. The van der Waals surface area contributed by atoms with Crippen molar-refractivity contribution in [2.45, 2.75) is 50.7 Å². The lowest BCUT2D eigenvalue weighted by Crippen LogP contribution is -2.45. The van der Waals surface area contributed by atoms with Crippen LogP contribution in [-0.2, 0) is 4.74 Å². The zero-order valence-electron chi connectivity index (χ0n) is 12.3. The van der Waals surface area contributed by atoms with E-state index in [0.717, 1.165) is 18.4 Å². The van der Waals surface area contributed by atoms with Crippen molar-refractivity contribution in [2.24, 2.45) is 5.73 Å². The molecule has 0 aliphatic heterocycles. The molecule has 0 amide bonds. The Labute approximate surface area is 126 Å². The average molecular weight is 298 g/mol. The molecular formula is C16H24ClNO2. The first-order chi connectivity index (χ1) is 9.63. The summed E-state index contributed by atoms with van der Waals surface area (Å²) in [5.74, 6) is 0.669. The number of benzene rings is 1. The van der Waals surface area contributed by atoms with Gasteiger partial charge in [0.05, 0.1) is 23.8 Å². The number of hydrogen-bond donors (Lipinski definition) is 1. The van der Waals surface area contributed by atoms with Crippen molar-refractivity contribution in [3.63, 3.8) is 0 Å². The summed E-state index contributed by atoms with van der Waals surface area (Å²) in [6.45, 7) is 2.73. The van der Waals surface area contributed by atoms with E-state index < -0.39 is 0 Å². The van der Waals surface area contributed by atoms with Crippen LogP contribution >= 0.6 is 11.6 Å². The van der Waals surface area contributed by atoms with Crippen molar-refractivity contribution in [2.75, 3.05) is 13.7 Å². The second-order valence-corrected chi connectivity index (χ2v) is 5.84. The van der Waals surface area contributed by atoms with Gasteiger partial charge < -0.3 is 15.2 Å². The fourth-order valence-electron chi connectivity index (χ4n) is 3.16. The molecule has 0 radical (unpaired) electrons. The Morgan fingerprint density at radius 2 is 2.00 bits per heavy atom. The molecule has 0 heterocycles. The molecule has 1 aromatic rings. The number of halogens is 1. The van der Waals surface area contributed by atoms with Crippen LogP contribution in [0.15, 0.2) is 18.2 Å². The molecule has 1 aliphatic rings. The first-order valence-electron chi connectivity index (χ1n) is 7.36. The third kappa shape index (κ3) is 3.11. The largest absolute Gasteiger partial charge is 0.495 e. The van der Waals surface area contributed by atoms with Gasteiger partial charge in [-0.3, -0.25) is 0 Å². The third-order valence-electron chi connectivity index (χ3n) is 4.23. The minimum Gasteiger partial charge on any atom is -0.495 e. The van der Waals surface area contributed by atoms with Crippen molar-refractivity contribution in [1.29, 1.82) is 0 Å². The summed E-state index contributed by atoms with van der Waals surface area (Å²) in [5.41, 5.74) is 7.33. The summed E-state index contributed by atoms with van der Waals surface area (Å²) < 4.78 is 11.4. The van der Waals surface area contributed by atoms with Crippen LogP contribution in [0, 0.1) is 0 Å². The van der Waals surface area contributed by atoms with E-state index in [0.29, 0.717) is 17.4 Å². The zero-order chi connectivity index (χ0) is 14.6. The smallest absolute Gasteiger partial charge is 0.137 e. The summed E-state index contributed by atoms with van der Waals surface area (Å²) in [7, 11) is 1.62. The highest BCUT2D eigenvalue weighted by Gasteiger charge is 2.39. The van der Waals surface area contributed by atoms with Crippen LogP contribution in [0.3, 0.4) is 0 Å². The van der Waals surface area contributed by atoms with E-state index in [2.05, 4.69) is 0 Å². The van der Waals surface area contributed by atoms with Crippen molar-refractivity contribution in [3.8, 4) is 5.75 Å². The monoisotopic (exact) mass is 297 g/mol. The number of nitrogens with two attached hydrogens (primary N) is 1. The van der Waals surface area contributed by atoms with E-state index in [4.69, 9.17) is 26.8 Å². The van der Waals surface area contributed by atoms with Crippen molar-refractivity contribution in [3.05, 3.63) is 28.8 Å². The maximum absolute atomic E-state index is 6.54. The molecule has 4 heteroatoms. The molecule has 1 aliphatic carbocycles. The molecule has 112 valence electrons. The Hall–Kier alpha value is -0.770. The highest BCUT2D eigenvalue weighted by Crippen LogP contribution is 2.41. The van der Waals surface area contributed by atoms with Crippen LogP contribution in [0.4, 0.5) is 0 Å². The predicted octanol–water partition coefficient (Wildman–Crippen LogP) is 4.09. The fraction of sp³-hybridized carbons (Fsp3) is 0.625. The van der Waals surface area contributed by atoms with E-state index in [1.54, 1.807) is 7.11 Å². The second kappa shape index (κ2) is 6.79. The lowest BCUT2D eigenvalue weighted by atomic mass is 9.77. The minimum absolute atomic E-state index is 0.145. The highest BCUT2D eigenvalue weighted by atomic mass is 35.5. The van der Waals surface area contributed by atoms with Crippen molar-refractivity contribution < 1.29 is 9.47 Å². The van der Waals surface area contributed by atoms with E-state index >= 15 is 0 Å². The van der Waals surface area contributed by atoms with Crippen molar-refractivity contribution in [1.82, 2.24) is 0 Å². The quantitative estimate of drug-likeness (QED) is 0.890. The van der Waals surface area contributed by atoms with Gasteiger partial charge in [0.15, 0.2) is 0 Å². The number of rotatable bonds is 5. The molecule has 2 N–H and O–H groups in total. The van der Waals surface area contributed by atoms with Gasteiger partial charge in [0.1, 0.15) is 5.75 Å². The molecule has 20 heavy (non-hydrogen) atoms. The summed E-state index contributed by atoms with van der Waals surface area (Å²) in [6, 6.07) is 5.61. The molecule has 0 saturated heterocycles. The van der Waals surface area contributed by atoms with Gasteiger partial charge in [0.2, 0.25) is 0 Å². The first kappa shape index (κ1) is 15.6. The maximum atomic E-state index is 6.54. The molecule has 1 unspecified atom stereocenters. The second-order valence-electron chi connectivity index (χ2n) is 5.43. The van der Waals surface area contributed by atoms with Crippen LogP contribution in [0.5, 0.6) is 5.75 Å². The van der Waals surface area contributed by atoms with Gasteiger partial charge in [-0.25, -0.2) is 0 Å². The van der Waals surface area contributed by atoms with E-state index in [-0.39, 0.29) is 11.6 Å². The van der Waals surface area contributed by atoms with Crippen LogP contribution in [-0.4, -0.2) is 19.3 Å². The molecule has 1 aromatic carbocycles. The maximum Gasteiger partial charge on any atom is 0.137 e. The molecule has 0 spiro atoms. The SMILES string of the molecule is CCOC1(C(N)c2ccc(Cl)c(OC)c2)CCCCC1. The Morgan fingerprint density at radius 3 is 2.60 bits per heavy atom. The number of methoxy groups -OCH3 is 1. The van der Waals surface area contributed by atoms with E-state index in [9.17, 15) is 0 Å². The van der Waals surface area contributed by atoms with Crippen LogP contribution in [0.25, 0.3) is 0 Å². The van der Waals surface area contributed by atoms with Gasteiger partial charge in [-0.1, -0.05) is 36.9 Å². The van der Waals surface area contributed by atoms with Crippen LogP contribution in [0.1, 0.15) is 50.6 Å². The fourth-order valence-corrected chi connectivity index (χ4v) is 3.35. The minimum atomic E-state index is -0.244. The predicted molar refractivity (Wildman–Crippen MR) is 82.4 cm³/mol. The average Bonchev–Trinajstić information content (AvgIpc) is 2.48. The van der Waals surface area contributed by atoms with E-state index in [1.165, 1.54) is 19.3 Å². The Bertz CT molecular complexity index is 439. The summed E-state index contributed by atoms with van der Waals surface area (Å²) >= 11 is 6.09. The standard InChI is InChI=1S/C16H24ClNO2/c1-3-20-16(9-5-4-6-10-16)15(18)12-7-8-13(17)14(11-12)19-2/h7-8,11,15H,3-6,9-10,18H2,1-2H3. The molecule has 1 fully saturated rings. The summed E-state index contributed by atoms with van der Waals surface area (Å²) in [6.07, 6.45) is 5.67. The lowest BCUT2D eigenvalue weighted by molar-refractivity contribution is -0.0831. The molecule has 1 saturated carbocycles. The van der Waals surface area contributed by atoms with Gasteiger partial charge in [-0.05, 0) is 37.5 Å². The summed E-state index contributed by atoms with van der Waals surface area (Å²) in [5, 5.41) is 0.609. The van der Waals surface area contributed by atoms with Gasteiger partial charge in [-0.15, -0.1) is 0 Å². The third-order valence-corrected chi connectivity index (χ3v) is 4.55. The topological polar surface area (TPSA) is 44.5 Å². The summed E-state index contributed by atoms with van der Waals surface area (Å²) in [4.78, 5) is 0. The molecule has 1 atom stereocenters. The highest BCUT2D eigenvalue weighted by molar-refractivity contribution is 6.32. The number of ether oxygens (including phenoxy) is 2. The van der Waals surface area contributed by atoms with Gasteiger partial charge >= 0.3 is 0 Å². The molecule has 3 nitrogen and oxygen atoms in total. The molecule has 0 bridgehead atoms. The van der Waals surface area contributed by atoms with Gasteiger partial charge in [0, 0.05) is 6.61 Å². The van der Waals surface area contributed by atoms with E-state index in [1.807, 2.05) is 25.1 Å². The molecule has 0 aromatic heterocycles.